The van der Waals surface area contributed by atoms with Crippen molar-refractivity contribution >= 4 is 43.5 Å². The molecule has 1 aromatic carbocycles. The van der Waals surface area contributed by atoms with E-state index >= 15 is 0 Å². The molecule has 0 radical (unpaired) electrons. The Kier molecular flexibility index (Phi) is 7.46. The van der Waals surface area contributed by atoms with E-state index in [-0.39, 0.29) is 33.8 Å². The molecule has 31 heavy (non-hydrogen) atoms. The Hall–Kier alpha value is -2.29. The average molecular weight is 520 g/mol. The van der Waals surface area contributed by atoms with Crippen LogP contribution in [0.25, 0.3) is 0 Å². The maximum Gasteiger partial charge on any atom is 0.279 e. The van der Waals surface area contributed by atoms with Crippen molar-refractivity contribution in [2.24, 2.45) is 11.1 Å². The molecule has 3 rings (SSSR count). The minimum atomic E-state index is -3.51. The molecule has 0 bridgehead atoms. The van der Waals surface area contributed by atoms with E-state index in [2.05, 4.69) is 46.8 Å². The first-order chi connectivity index (χ1) is 14.7. The van der Waals surface area contributed by atoms with Crippen molar-refractivity contribution in [3.05, 3.63) is 34.2 Å². The van der Waals surface area contributed by atoms with Crippen molar-refractivity contribution in [2.75, 3.05) is 30.3 Å². The predicted molar refractivity (Wildman–Crippen MR) is 116 cm³/mol. The Bertz CT molecular complexity index is 1050. The number of rotatable bonds is 8. The van der Waals surface area contributed by atoms with Gasteiger partial charge in [0, 0.05) is 31.4 Å². The van der Waals surface area contributed by atoms with Crippen LogP contribution in [0.5, 0.6) is 0 Å². The normalized spacial score (nSPS) is 18.0. The molecule has 2 aromatic rings. The molecule has 170 valence electrons. The Morgan fingerprint density at radius 3 is 2.90 bits per heavy atom. The molecule has 4 N–H and O–H groups in total. The summed E-state index contributed by atoms with van der Waals surface area (Å²) in [6.07, 6.45) is 0.676. The highest BCUT2D eigenvalue weighted by Gasteiger charge is 2.32. The van der Waals surface area contributed by atoms with Crippen LogP contribution in [0.3, 0.4) is 0 Å². The number of nitrogens with one attached hydrogen (secondary N) is 3. The van der Waals surface area contributed by atoms with Crippen LogP contribution in [0.4, 0.5) is 15.9 Å². The second-order valence-electron chi connectivity index (χ2n) is 7.34. The van der Waals surface area contributed by atoms with Gasteiger partial charge in [-0.25, -0.2) is 9.02 Å². The second-order valence-corrected chi connectivity index (χ2v) is 9.89. The van der Waals surface area contributed by atoms with Crippen LogP contribution in [0, 0.1) is 11.7 Å². The Labute approximate surface area is 187 Å². The van der Waals surface area contributed by atoms with E-state index in [1.54, 1.807) is 13.8 Å². The molecular formula is C17H23BrFN7O4S. The Morgan fingerprint density at radius 2 is 2.23 bits per heavy atom. The number of nitrogens with zero attached hydrogens (tertiary/aromatic N) is 4. The van der Waals surface area contributed by atoms with Gasteiger partial charge in [0.15, 0.2) is 5.69 Å². The Balaban J connectivity index is 1.62. The molecule has 14 heteroatoms. The zero-order valence-corrected chi connectivity index (χ0v) is 19.2. The molecule has 1 aliphatic heterocycles. The number of amidine groups is 1. The van der Waals surface area contributed by atoms with Gasteiger partial charge in [0.25, 0.3) is 10.2 Å². The number of halogens is 2. The lowest BCUT2D eigenvalue weighted by Gasteiger charge is -2.19. The summed E-state index contributed by atoms with van der Waals surface area (Å²) < 4.78 is 47.0. The fourth-order valence-electron chi connectivity index (χ4n) is 3.10. The molecule has 1 aliphatic rings. The lowest BCUT2D eigenvalue weighted by molar-refractivity contribution is 0.305. The van der Waals surface area contributed by atoms with Crippen LogP contribution in [0.1, 0.15) is 26.0 Å². The van der Waals surface area contributed by atoms with E-state index in [0.717, 1.165) is 0 Å². The summed E-state index contributed by atoms with van der Waals surface area (Å²) in [5.74, 6) is -0.222. The highest BCUT2D eigenvalue weighted by atomic mass is 79.9. The number of oxime groups is 1. The van der Waals surface area contributed by atoms with E-state index in [1.807, 2.05) is 0 Å². The van der Waals surface area contributed by atoms with Gasteiger partial charge >= 0.3 is 0 Å². The standard InChI is InChI=1S/C17H23BrFN7O4S/c1-10(2)25-31(28,29)26-6-5-11(9-26)8-20-16-15(23-30-24-16)17(22-27)21-12-3-4-14(19)13(18)7-12/h3-4,7,10-11,25,27H,5-6,8-9H2,1-2H3,(H,20,24)(H,21,22)/t11-/m0/s1. The maximum absolute atomic E-state index is 13.4. The molecule has 0 aliphatic carbocycles. The number of aromatic nitrogens is 2. The molecule has 0 amide bonds. The molecule has 0 saturated carbocycles. The van der Waals surface area contributed by atoms with Gasteiger partial charge in [-0.2, -0.15) is 17.4 Å². The second kappa shape index (κ2) is 9.89. The molecular weight excluding hydrogens is 497 g/mol. The third-order valence-electron chi connectivity index (χ3n) is 4.53. The Morgan fingerprint density at radius 1 is 1.45 bits per heavy atom. The zero-order chi connectivity index (χ0) is 22.6. The maximum atomic E-state index is 13.4. The topological polar surface area (TPSA) is 145 Å². The number of benzene rings is 1. The molecule has 2 heterocycles. The fourth-order valence-corrected chi connectivity index (χ4v) is 4.97. The van der Waals surface area contributed by atoms with E-state index in [9.17, 15) is 18.0 Å². The first-order valence-corrected chi connectivity index (χ1v) is 11.7. The predicted octanol–water partition coefficient (Wildman–Crippen LogP) is 2.20. The monoisotopic (exact) mass is 519 g/mol. The number of hydrogen-bond acceptors (Lipinski definition) is 8. The number of anilines is 2. The molecule has 0 unspecified atom stereocenters. The molecule has 1 aromatic heterocycles. The summed E-state index contributed by atoms with van der Waals surface area (Å²) in [5, 5.41) is 26.0. The summed E-state index contributed by atoms with van der Waals surface area (Å²) in [5.41, 5.74) is 0.566. The van der Waals surface area contributed by atoms with E-state index < -0.39 is 16.0 Å². The van der Waals surface area contributed by atoms with Crippen LogP contribution in [-0.4, -0.2) is 59.8 Å². The van der Waals surface area contributed by atoms with Gasteiger partial charge in [0.05, 0.1) is 4.47 Å². The third-order valence-corrected chi connectivity index (χ3v) is 6.91. The summed E-state index contributed by atoms with van der Waals surface area (Å²) in [4.78, 5) is 0. The van der Waals surface area contributed by atoms with Gasteiger partial charge in [-0.05, 0) is 70.6 Å². The minimum absolute atomic E-state index is 0.0452. The summed E-state index contributed by atoms with van der Waals surface area (Å²) in [6.45, 7) is 4.73. The summed E-state index contributed by atoms with van der Waals surface area (Å²) in [7, 11) is -3.51. The SMILES string of the molecule is CC(C)NS(=O)(=O)N1CC[C@@H](CNc2nonc2/C(=N/O)Nc2ccc(F)c(Br)c2)C1. The quantitative estimate of drug-likeness (QED) is 0.180. The molecule has 1 atom stereocenters. The minimum Gasteiger partial charge on any atom is -0.409 e. The van der Waals surface area contributed by atoms with Gasteiger partial charge in [0.2, 0.25) is 11.7 Å². The smallest absolute Gasteiger partial charge is 0.279 e. The third kappa shape index (κ3) is 5.90. The summed E-state index contributed by atoms with van der Waals surface area (Å²) >= 11 is 3.09. The van der Waals surface area contributed by atoms with Gasteiger partial charge in [-0.15, -0.1) is 0 Å². The van der Waals surface area contributed by atoms with Crippen molar-refractivity contribution < 1.29 is 22.6 Å². The van der Waals surface area contributed by atoms with Crippen molar-refractivity contribution in [1.82, 2.24) is 19.3 Å². The summed E-state index contributed by atoms with van der Waals surface area (Å²) in [6, 6.07) is 4.00. The van der Waals surface area contributed by atoms with Crippen LogP contribution in [-0.2, 0) is 10.2 Å². The highest BCUT2D eigenvalue weighted by Crippen LogP contribution is 2.23. The van der Waals surface area contributed by atoms with Crippen molar-refractivity contribution in [1.29, 1.82) is 0 Å². The van der Waals surface area contributed by atoms with Gasteiger partial charge in [-0.3, -0.25) is 0 Å². The van der Waals surface area contributed by atoms with Crippen LogP contribution in [0.15, 0.2) is 32.5 Å². The number of hydrogen-bond donors (Lipinski definition) is 4. The average Bonchev–Trinajstić information content (AvgIpc) is 3.36. The van der Waals surface area contributed by atoms with Crippen molar-refractivity contribution in [3.63, 3.8) is 0 Å². The largest absolute Gasteiger partial charge is 0.409 e. The van der Waals surface area contributed by atoms with Crippen LogP contribution < -0.4 is 15.4 Å². The van der Waals surface area contributed by atoms with Gasteiger partial charge < -0.3 is 15.8 Å². The van der Waals surface area contributed by atoms with E-state index in [4.69, 9.17) is 4.63 Å². The highest BCUT2D eigenvalue weighted by molar-refractivity contribution is 9.10. The first-order valence-electron chi connectivity index (χ1n) is 9.48. The molecule has 1 fully saturated rings. The van der Waals surface area contributed by atoms with Gasteiger partial charge in [0.1, 0.15) is 5.82 Å². The van der Waals surface area contributed by atoms with E-state index in [1.165, 1.54) is 22.5 Å². The molecule has 0 spiro atoms. The van der Waals surface area contributed by atoms with Crippen LogP contribution >= 0.6 is 15.9 Å². The lowest BCUT2D eigenvalue weighted by atomic mass is 10.1. The van der Waals surface area contributed by atoms with Crippen LogP contribution in [0.2, 0.25) is 0 Å². The fraction of sp³-hybridized carbons (Fsp3) is 0.471. The van der Waals surface area contributed by atoms with E-state index in [0.29, 0.717) is 31.7 Å². The lowest BCUT2D eigenvalue weighted by Crippen LogP contribution is -2.42. The van der Waals surface area contributed by atoms with Crippen molar-refractivity contribution in [2.45, 2.75) is 26.3 Å². The molecule has 11 nitrogen and oxygen atoms in total. The molecule has 1 saturated heterocycles. The zero-order valence-electron chi connectivity index (χ0n) is 16.8. The first kappa shape index (κ1) is 23.4. The van der Waals surface area contributed by atoms with Gasteiger partial charge in [-0.1, -0.05) is 5.16 Å². The van der Waals surface area contributed by atoms with Crippen molar-refractivity contribution in [3.8, 4) is 0 Å².